The molecule has 0 aromatic carbocycles. The maximum atomic E-state index is 12.1. The third kappa shape index (κ3) is 3.06. The summed E-state index contributed by atoms with van der Waals surface area (Å²) in [5, 5.41) is 6.34. The van der Waals surface area contributed by atoms with Gasteiger partial charge in [0.05, 0.1) is 13.2 Å². The zero-order valence-electron chi connectivity index (χ0n) is 10.2. The molecule has 0 spiro atoms. The lowest BCUT2D eigenvalue weighted by atomic mass is 10.2. The van der Waals surface area contributed by atoms with E-state index in [1.807, 2.05) is 25.4 Å². The molecule has 94 valence electrons. The molecule has 17 heavy (non-hydrogen) atoms. The molecule has 1 amide bonds. The van der Waals surface area contributed by atoms with Crippen LogP contribution in [-0.2, 0) is 9.53 Å². The van der Waals surface area contributed by atoms with Gasteiger partial charge in [0.2, 0.25) is 5.91 Å². The van der Waals surface area contributed by atoms with Gasteiger partial charge in [0, 0.05) is 26.1 Å². The first kappa shape index (κ1) is 12.5. The van der Waals surface area contributed by atoms with E-state index < -0.39 is 0 Å². The van der Waals surface area contributed by atoms with Gasteiger partial charge in [-0.2, -0.15) is 0 Å². The van der Waals surface area contributed by atoms with Gasteiger partial charge in [0.25, 0.3) is 0 Å². The van der Waals surface area contributed by atoms with E-state index in [9.17, 15) is 4.79 Å². The first-order valence-corrected chi connectivity index (χ1v) is 6.68. The highest BCUT2D eigenvalue weighted by Crippen LogP contribution is 2.26. The van der Waals surface area contributed by atoms with Crippen LogP contribution in [0.4, 0.5) is 5.00 Å². The number of aryl methyl sites for hydroxylation is 1. The SMILES string of the molecule is Cc1ccsc1N(C)C(=O)CC1COCCN1. The first-order valence-electron chi connectivity index (χ1n) is 5.80. The summed E-state index contributed by atoms with van der Waals surface area (Å²) in [5.41, 5.74) is 1.15. The molecular weight excluding hydrogens is 236 g/mol. The summed E-state index contributed by atoms with van der Waals surface area (Å²) in [6.07, 6.45) is 0.494. The predicted octanol–water partition coefficient (Wildman–Crippen LogP) is 1.40. The Kier molecular flexibility index (Phi) is 4.15. The molecular formula is C12H18N2O2S. The molecule has 1 aromatic rings. The van der Waals surface area contributed by atoms with Crippen molar-refractivity contribution in [1.82, 2.24) is 5.32 Å². The molecule has 1 aliphatic heterocycles. The molecule has 1 aromatic heterocycles. The lowest BCUT2D eigenvalue weighted by Crippen LogP contribution is -2.44. The van der Waals surface area contributed by atoms with E-state index in [-0.39, 0.29) is 11.9 Å². The Morgan fingerprint density at radius 3 is 3.12 bits per heavy atom. The van der Waals surface area contributed by atoms with Crippen molar-refractivity contribution in [2.75, 3.05) is 31.7 Å². The number of carbonyl (C=O) groups is 1. The van der Waals surface area contributed by atoms with Gasteiger partial charge < -0.3 is 15.0 Å². The molecule has 1 fully saturated rings. The predicted molar refractivity (Wildman–Crippen MR) is 69.7 cm³/mol. The van der Waals surface area contributed by atoms with Crippen LogP contribution >= 0.6 is 11.3 Å². The van der Waals surface area contributed by atoms with Crippen LogP contribution in [-0.4, -0.2) is 38.8 Å². The van der Waals surface area contributed by atoms with Gasteiger partial charge in [-0.05, 0) is 23.9 Å². The van der Waals surface area contributed by atoms with Crippen LogP contribution in [0.15, 0.2) is 11.4 Å². The number of ether oxygens (including phenoxy) is 1. The minimum absolute atomic E-state index is 0.138. The van der Waals surface area contributed by atoms with Crippen molar-refractivity contribution in [3.63, 3.8) is 0 Å². The second-order valence-corrected chi connectivity index (χ2v) is 5.19. The number of hydrogen-bond acceptors (Lipinski definition) is 4. The van der Waals surface area contributed by atoms with Crippen LogP contribution in [0.2, 0.25) is 0 Å². The maximum Gasteiger partial charge on any atom is 0.228 e. The minimum Gasteiger partial charge on any atom is -0.378 e. The second-order valence-electron chi connectivity index (χ2n) is 4.29. The number of nitrogens with zero attached hydrogens (tertiary/aromatic N) is 1. The van der Waals surface area contributed by atoms with Crippen molar-refractivity contribution >= 4 is 22.2 Å². The molecule has 2 rings (SSSR count). The zero-order valence-corrected chi connectivity index (χ0v) is 11.0. The number of hydrogen-bond donors (Lipinski definition) is 1. The van der Waals surface area contributed by atoms with Gasteiger partial charge >= 0.3 is 0 Å². The fraction of sp³-hybridized carbons (Fsp3) is 0.583. The summed E-state index contributed by atoms with van der Waals surface area (Å²) in [5.74, 6) is 0.138. The van der Waals surface area contributed by atoms with Crippen molar-refractivity contribution in [3.05, 3.63) is 17.0 Å². The number of nitrogens with one attached hydrogen (secondary N) is 1. The van der Waals surface area contributed by atoms with Gasteiger partial charge in [-0.25, -0.2) is 0 Å². The standard InChI is InChI=1S/C12H18N2O2S/c1-9-3-6-17-12(9)14(2)11(15)7-10-8-16-5-4-13-10/h3,6,10,13H,4-5,7-8H2,1-2H3. The summed E-state index contributed by atoms with van der Waals surface area (Å²) >= 11 is 1.60. The smallest absolute Gasteiger partial charge is 0.228 e. The molecule has 0 aliphatic carbocycles. The Morgan fingerprint density at radius 1 is 1.71 bits per heavy atom. The lowest BCUT2D eigenvalue weighted by molar-refractivity contribution is -0.119. The Labute approximate surface area is 106 Å². The van der Waals surface area contributed by atoms with Crippen LogP contribution < -0.4 is 10.2 Å². The van der Waals surface area contributed by atoms with E-state index in [4.69, 9.17) is 4.74 Å². The average Bonchev–Trinajstić information content (AvgIpc) is 2.76. The highest BCUT2D eigenvalue weighted by molar-refractivity contribution is 7.14. The van der Waals surface area contributed by atoms with Gasteiger partial charge in [0.15, 0.2) is 0 Å². The highest BCUT2D eigenvalue weighted by atomic mass is 32.1. The van der Waals surface area contributed by atoms with Gasteiger partial charge in [-0.3, -0.25) is 4.79 Å². The topological polar surface area (TPSA) is 41.6 Å². The molecule has 0 radical (unpaired) electrons. The fourth-order valence-electron chi connectivity index (χ4n) is 1.92. The molecule has 0 saturated carbocycles. The normalized spacial score (nSPS) is 20.2. The summed E-state index contributed by atoms with van der Waals surface area (Å²) in [4.78, 5) is 13.8. The number of amides is 1. The van der Waals surface area contributed by atoms with Gasteiger partial charge in [-0.15, -0.1) is 11.3 Å². The van der Waals surface area contributed by atoms with Gasteiger partial charge in [-0.1, -0.05) is 0 Å². The van der Waals surface area contributed by atoms with Crippen molar-refractivity contribution < 1.29 is 9.53 Å². The Hall–Kier alpha value is -0.910. The van der Waals surface area contributed by atoms with E-state index >= 15 is 0 Å². The lowest BCUT2D eigenvalue weighted by Gasteiger charge is -2.25. The second kappa shape index (κ2) is 5.62. The van der Waals surface area contributed by atoms with Crippen LogP contribution in [0.5, 0.6) is 0 Å². The van der Waals surface area contributed by atoms with E-state index in [0.717, 1.165) is 23.7 Å². The number of thiophene rings is 1. The Morgan fingerprint density at radius 2 is 2.53 bits per heavy atom. The monoisotopic (exact) mass is 254 g/mol. The molecule has 1 aliphatic rings. The van der Waals surface area contributed by atoms with Crippen molar-refractivity contribution in [2.45, 2.75) is 19.4 Å². The highest BCUT2D eigenvalue weighted by Gasteiger charge is 2.21. The largest absolute Gasteiger partial charge is 0.378 e. The molecule has 4 nitrogen and oxygen atoms in total. The first-order chi connectivity index (χ1) is 8.18. The van der Waals surface area contributed by atoms with Crippen LogP contribution in [0, 0.1) is 6.92 Å². The summed E-state index contributed by atoms with van der Waals surface area (Å²) < 4.78 is 5.35. The van der Waals surface area contributed by atoms with E-state index in [0.29, 0.717) is 13.0 Å². The van der Waals surface area contributed by atoms with Crippen molar-refractivity contribution in [1.29, 1.82) is 0 Å². The quantitative estimate of drug-likeness (QED) is 0.886. The van der Waals surface area contributed by atoms with Crippen LogP contribution in [0.25, 0.3) is 0 Å². The van der Waals surface area contributed by atoms with Crippen LogP contribution in [0.3, 0.4) is 0 Å². The van der Waals surface area contributed by atoms with Crippen molar-refractivity contribution in [3.8, 4) is 0 Å². The summed E-state index contributed by atoms with van der Waals surface area (Å²) in [6.45, 7) is 4.23. The fourth-order valence-corrected chi connectivity index (χ4v) is 2.84. The molecule has 1 atom stereocenters. The van der Waals surface area contributed by atoms with Crippen molar-refractivity contribution in [2.24, 2.45) is 0 Å². The molecule has 1 unspecified atom stereocenters. The molecule has 0 bridgehead atoms. The zero-order chi connectivity index (χ0) is 12.3. The number of anilines is 1. The Bertz CT molecular complexity index is 386. The number of morpholine rings is 1. The van der Waals surface area contributed by atoms with Crippen LogP contribution in [0.1, 0.15) is 12.0 Å². The third-order valence-electron chi connectivity index (χ3n) is 2.93. The minimum atomic E-state index is 0.138. The summed E-state index contributed by atoms with van der Waals surface area (Å²) in [7, 11) is 1.84. The Balaban J connectivity index is 1.93. The van der Waals surface area contributed by atoms with E-state index in [2.05, 4.69) is 5.32 Å². The molecule has 2 heterocycles. The van der Waals surface area contributed by atoms with E-state index in [1.54, 1.807) is 16.2 Å². The molecule has 1 N–H and O–H groups in total. The maximum absolute atomic E-state index is 12.1. The average molecular weight is 254 g/mol. The van der Waals surface area contributed by atoms with Gasteiger partial charge in [0.1, 0.15) is 5.00 Å². The van der Waals surface area contributed by atoms with E-state index in [1.165, 1.54) is 0 Å². The molecule has 5 heteroatoms. The number of rotatable bonds is 3. The molecule has 1 saturated heterocycles. The number of carbonyl (C=O) groups excluding carboxylic acids is 1. The summed E-state index contributed by atoms with van der Waals surface area (Å²) in [6, 6.07) is 2.19. The third-order valence-corrected chi connectivity index (χ3v) is 4.02.